The van der Waals surface area contributed by atoms with E-state index in [1.807, 2.05) is 6.08 Å². The summed E-state index contributed by atoms with van der Waals surface area (Å²) >= 11 is 0. The van der Waals surface area contributed by atoms with Gasteiger partial charge >= 0.3 is 5.97 Å². The predicted octanol–water partition coefficient (Wildman–Crippen LogP) is 26.4. The molecule has 0 heterocycles. The Bertz CT molecular complexity index is 1470. The molecule has 0 aromatic carbocycles. The molecule has 0 aromatic heterocycles. The van der Waals surface area contributed by atoms with Crippen molar-refractivity contribution in [3.05, 3.63) is 48.6 Å². The van der Waals surface area contributed by atoms with Gasteiger partial charge in [-0.1, -0.05) is 383 Å². The highest BCUT2D eigenvalue weighted by Gasteiger charge is 2.18. The molecule has 0 aliphatic heterocycles. The van der Waals surface area contributed by atoms with E-state index in [9.17, 15) is 19.8 Å². The molecule has 0 radical (unpaired) electrons. The van der Waals surface area contributed by atoms with E-state index in [-0.39, 0.29) is 18.5 Å². The highest BCUT2D eigenvalue weighted by atomic mass is 16.5. The summed E-state index contributed by atoms with van der Waals surface area (Å²) in [5, 5.41) is 23.2. The maximum atomic E-state index is 12.5. The number of aliphatic hydroxyl groups is 2. The number of hydrogen-bond donors (Lipinski definition) is 3. The van der Waals surface area contributed by atoms with E-state index in [1.54, 1.807) is 6.08 Å². The van der Waals surface area contributed by atoms with Gasteiger partial charge in [0.2, 0.25) is 5.91 Å². The molecule has 6 heteroatoms. The fourth-order valence-electron chi connectivity index (χ4n) is 12.5. The summed E-state index contributed by atoms with van der Waals surface area (Å²) in [7, 11) is 0. The summed E-state index contributed by atoms with van der Waals surface area (Å²) in [6.07, 6.45) is 102. The normalized spacial score (nSPS) is 12.7. The van der Waals surface area contributed by atoms with Crippen LogP contribution in [0.5, 0.6) is 0 Å². The van der Waals surface area contributed by atoms with E-state index < -0.39 is 12.1 Å². The van der Waals surface area contributed by atoms with Crippen molar-refractivity contribution in [3.8, 4) is 0 Å². The van der Waals surface area contributed by atoms with E-state index in [1.165, 1.54) is 360 Å². The standard InChI is InChI=1S/C82H155NO5/c1-3-5-7-9-11-13-15-17-19-20-44-47-50-54-58-62-66-70-74-80(85)79(78-84)83-81(86)75-71-67-63-59-55-51-48-45-42-40-38-36-34-32-30-28-26-24-22-21-23-25-27-29-31-33-35-37-39-41-43-46-49-53-57-61-65-69-73-77-88-82(87)76-72-68-64-60-56-52-18-16-14-12-10-8-6-4-2/h16,18,21-22,25,27,70,74,79-80,84-85H,3-15,17,19-20,23-24,26,28-69,71-73,75-78H2,1-2H3,(H,83,86)/b18-16-,22-21-,27-25-,74-70+. The van der Waals surface area contributed by atoms with Crippen LogP contribution >= 0.6 is 0 Å². The number of ether oxygens (including phenoxy) is 1. The predicted molar refractivity (Wildman–Crippen MR) is 389 cm³/mol. The second kappa shape index (κ2) is 77.3. The lowest BCUT2D eigenvalue weighted by atomic mass is 10.0. The topological polar surface area (TPSA) is 95.9 Å². The number of allylic oxidation sites excluding steroid dienone is 7. The highest BCUT2D eigenvalue weighted by Crippen LogP contribution is 2.19. The van der Waals surface area contributed by atoms with Gasteiger partial charge in [0.1, 0.15) is 0 Å². The van der Waals surface area contributed by atoms with Gasteiger partial charge in [-0.25, -0.2) is 0 Å². The fourth-order valence-corrected chi connectivity index (χ4v) is 12.5. The summed E-state index contributed by atoms with van der Waals surface area (Å²) < 4.78 is 5.49. The van der Waals surface area contributed by atoms with Crippen LogP contribution in [0, 0.1) is 0 Å². The molecule has 0 bridgehead atoms. The molecule has 518 valence electrons. The van der Waals surface area contributed by atoms with Crippen LogP contribution in [-0.2, 0) is 14.3 Å². The number of amides is 1. The zero-order chi connectivity index (χ0) is 63.5. The van der Waals surface area contributed by atoms with Crippen molar-refractivity contribution < 1.29 is 24.5 Å². The maximum Gasteiger partial charge on any atom is 0.305 e. The fraction of sp³-hybridized carbons (Fsp3) is 0.878. The third-order valence-corrected chi connectivity index (χ3v) is 18.6. The Labute approximate surface area is 550 Å². The molecular formula is C82H155NO5. The van der Waals surface area contributed by atoms with E-state index >= 15 is 0 Å². The molecule has 1 amide bonds. The van der Waals surface area contributed by atoms with E-state index in [0.717, 1.165) is 51.4 Å². The summed E-state index contributed by atoms with van der Waals surface area (Å²) in [4.78, 5) is 24.6. The van der Waals surface area contributed by atoms with Crippen LogP contribution in [0.3, 0.4) is 0 Å². The molecule has 2 unspecified atom stereocenters. The molecule has 0 saturated carbocycles. The van der Waals surface area contributed by atoms with Gasteiger partial charge in [-0.2, -0.15) is 0 Å². The average molecular weight is 1240 g/mol. The smallest absolute Gasteiger partial charge is 0.305 e. The molecule has 0 rings (SSSR count). The van der Waals surface area contributed by atoms with Crippen LogP contribution in [0.1, 0.15) is 438 Å². The number of unbranched alkanes of at least 4 members (excludes halogenated alkanes) is 58. The number of hydrogen-bond acceptors (Lipinski definition) is 5. The number of esters is 1. The molecule has 0 saturated heterocycles. The minimum atomic E-state index is -0.843. The minimum absolute atomic E-state index is 0.0119. The first kappa shape index (κ1) is 85.8. The number of nitrogens with one attached hydrogen (secondary N) is 1. The van der Waals surface area contributed by atoms with Gasteiger partial charge in [0.25, 0.3) is 0 Å². The zero-order valence-corrected chi connectivity index (χ0v) is 59.5. The van der Waals surface area contributed by atoms with Crippen molar-refractivity contribution in [1.82, 2.24) is 5.32 Å². The van der Waals surface area contributed by atoms with Gasteiger partial charge in [-0.05, 0) is 89.9 Å². The molecule has 0 aliphatic rings. The van der Waals surface area contributed by atoms with Gasteiger partial charge in [0.05, 0.1) is 25.4 Å². The molecule has 0 aliphatic carbocycles. The van der Waals surface area contributed by atoms with Crippen LogP contribution in [0.15, 0.2) is 48.6 Å². The van der Waals surface area contributed by atoms with Crippen molar-refractivity contribution in [2.75, 3.05) is 13.2 Å². The lowest BCUT2D eigenvalue weighted by Crippen LogP contribution is -2.45. The van der Waals surface area contributed by atoms with Crippen LogP contribution in [0.25, 0.3) is 0 Å². The van der Waals surface area contributed by atoms with Crippen molar-refractivity contribution in [2.45, 2.75) is 450 Å². The number of carbonyl (C=O) groups is 2. The molecule has 0 aromatic rings. The summed E-state index contributed by atoms with van der Waals surface area (Å²) in [6, 6.07) is -0.626. The van der Waals surface area contributed by atoms with Crippen LogP contribution < -0.4 is 5.32 Å². The van der Waals surface area contributed by atoms with Crippen molar-refractivity contribution in [2.24, 2.45) is 0 Å². The van der Waals surface area contributed by atoms with Crippen molar-refractivity contribution in [1.29, 1.82) is 0 Å². The Morgan fingerprint density at radius 1 is 0.318 bits per heavy atom. The van der Waals surface area contributed by atoms with Crippen LogP contribution in [-0.4, -0.2) is 47.4 Å². The molecule has 0 spiro atoms. The third-order valence-electron chi connectivity index (χ3n) is 18.6. The third kappa shape index (κ3) is 72.9. The van der Waals surface area contributed by atoms with E-state index in [4.69, 9.17) is 4.74 Å². The monoisotopic (exact) mass is 1230 g/mol. The summed E-state index contributed by atoms with van der Waals surface area (Å²) in [6.45, 7) is 4.93. The summed E-state index contributed by atoms with van der Waals surface area (Å²) in [5.41, 5.74) is 0. The van der Waals surface area contributed by atoms with Gasteiger partial charge in [0.15, 0.2) is 0 Å². The first-order valence-corrected chi connectivity index (χ1v) is 39.9. The number of rotatable bonds is 75. The Hall–Kier alpha value is -2.18. The summed E-state index contributed by atoms with van der Waals surface area (Å²) in [5.74, 6) is -0.0495. The highest BCUT2D eigenvalue weighted by molar-refractivity contribution is 5.76. The van der Waals surface area contributed by atoms with Gasteiger partial charge in [0, 0.05) is 12.8 Å². The minimum Gasteiger partial charge on any atom is -0.466 e. The van der Waals surface area contributed by atoms with Gasteiger partial charge in [-0.15, -0.1) is 0 Å². The Morgan fingerprint density at radius 2 is 0.568 bits per heavy atom. The molecule has 3 N–H and O–H groups in total. The van der Waals surface area contributed by atoms with E-state index in [0.29, 0.717) is 19.4 Å². The molecular weight excluding hydrogens is 1080 g/mol. The SMILES string of the molecule is CCCCCCC/C=C\CCCCCCCC(=O)OCCCCCCCCCCCCCCCCC/C=C\C/C=C\CCCCCCCCCCCCCCCCCCCC(=O)NC(CO)C(O)/C=C/CCCCCCCCCCCCCCCCCC. The Morgan fingerprint density at radius 3 is 0.875 bits per heavy atom. The van der Waals surface area contributed by atoms with Crippen LogP contribution in [0.4, 0.5) is 0 Å². The zero-order valence-electron chi connectivity index (χ0n) is 59.5. The quantitative estimate of drug-likeness (QED) is 0.0320. The maximum absolute atomic E-state index is 12.5. The lowest BCUT2D eigenvalue weighted by molar-refractivity contribution is -0.143. The van der Waals surface area contributed by atoms with Gasteiger partial charge < -0.3 is 20.3 Å². The van der Waals surface area contributed by atoms with Crippen molar-refractivity contribution in [3.63, 3.8) is 0 Å². The first-order chi connectivity index (χ1) is 43.5. The second-order valence-electron chi connectivity index (χ2n) is 27.4. The average Bonchev–Trinajstić information content (AvgIpc) is 3.58. The molecule has 6 nitrogen and oxygen atoms in total. The Balaban J connectivity index is 3.37. The number of carbonyl (C=O) groups excluding carboxylic acids is 2. The van der Waals surface area contributed by atoms with E-state index in [2.05, 4.69) is 55.6 Å². The molecule has 0 fully saturated rings. The largest absolute Gasteiger partial charge is 0.466 e. The number of aliphatic hydroxyl groups excluding tert-OH is 2. The van der Waals surface area contributed by atoms with Crippen molar-refractivity contribution >= 4 is 11.9 Å². The first-order valence-electron chi connectivity index (χ1n) is 39.9. The van der Waals surface area contributed by atoms with Gasteiger partial charge in [-0.3, -0.25) is 9.59 Å². The molecule has 88 heavy (non-hydrogen) atoms. The molecule has 2 atom stereocenters. The Kier molecular flexibility index (Phi) is 75.4. The van der Waals surface area contributed by atoms with Crippen LogP contribution in [0.2, 0.25) is 0 Å². The second-order valence-corrected chi connectivity index (χ2v) is 27.4. The lowest BCUT2D eigenvalue weighted by Gasteiger charge is -2.20.